The van der Waals surface area contributed by atoms with E-state index in [9.17, 15) is 9.59 Å². The van der Waals surface area contributed by atoms with Gasteiger partial charge in [0, 0.05) is 30.3 Å². The van der Waals surface area contributed by atoms with Crippen LogP contribution in [-0.2, 0) is 0 Å². The summed E-state index contributed by atoms with van der Waals surface area (Å²) in [5, 5.41) is 14.1. The quantitative estimate of drug-likeness (QED) is 0.669. The summed E-state index contributed by atoms with van der Waals surface area (Å²) in [6, 6.07) is 6.55. The Morgan fingerprint density at radius 2 is 1.63 bits per heavy atom. The van der Waals surface area contributed by atoms with Gasteiger partial charge in [0.25, 0.3) is 11.8 Å². The zero-order chi connectivity index (χ0) is 14.3. The van der Waals surface area contributed by atoms with Crippen molar-refractivity contribution >= 4 is 11.8 Å². The van der Waals surface area contributed by atoms with Crippen molar-refractivity contribution in [3.8, 4) is 0 Å². The normalized spacial score (nSPS) is 10.3. The van der Waals surface area contributed by atoms with E-state index in [4.69, 9.17) is 5.11 Å². The summed E-state index contributed by atoms with van der Waals surface area (Å²) in [4.78, 5) is 23.4. The minimum atomic E-state index is -0.204. The van der Waals surface area contributed by atoms with Crippen molar-refractivity contribution in [3.63, 3.8) is 0 Å². The third-order valence-electron chi connectivity index (χ3n) is 2.45. The Kier molecular flexibility index (Phi) is 6.02. The maximum atomic E-state index is 11.7. The Hall–Kier alpha value is -1.88. The predicted octanol–water partition coefficient (Wildman–Crippen LogP) is 0.937. The third kappa shape index (κ3) is 5.09. The summed E-state index contributed by atoms with van der Waals surface area (Å²) in [6.45, 7) is 4.27. The fourth-order valence-electron chi connectivity index (χ4n) is 1.50. The third-order valence-corrected chi connectivity index (χ3v) is 2.45. The number of hydrogen-bond donors (Lipinski definition) is 3. The number of rotatable bonds is 6. The molecule has 1 aromatic carbocycles. The molecule has 0 unspecified atom stereocenters. The predicted molar refractivity (Wildman–Crippen MR) is 73.1 cm³/mol. The Morgan fingerprint density at radius 3 is 2.11 bits per heavy atom. The number of carbonyl (C=O) groups excluding carboxylic acids is 2. The van der Waals surface area contributed by atoms with Crippen molar-refractivity contribution < 1.29 is 14.7 Å². The molecule has 0 aromatic heterocycles. The molecule has 0 heterocycles. The van der Waals surface area contributed by atoms with Crippen molar-refractivity contribution in [1.29, 1.82) is 0 Å². The van der Waals surface area contributed by atoms with E-state index < -0.39 is 0 Å². The summed E-state index contributed by atoms with van der Waals surface area (Å²) >= 11 is 0. The highest BCUT2D eigenvalue weighted by Crippen LogP contribution is 2.05. The van der Waals surface area contributed by atoms with Gasteiger partial charge in [0.1, 0.15) is 0 Å². The van der Waals surface area contributed by atoms with Gasteiger partial charge in [-0.3, -0.25) is 9.59 Å². The molecule has 5 heteroatoms. The summed E-state index contributed by atoms with van der Waals surface area (Å²) in [7, 11) is 0. The lowest BCUT2D eigenvalue weighted by atomic mass is 10.1. The number of aliphatic hydroxyl groups is 1. The van der Waals surface area contributed by atoms with E-state index in [-0.39, 0.29) is 24.5 Å². The molecule has 0 aliphatic heterocycles. The van der Waals surface area contributed by atoms with Crippen LogP contribution in [0.5, 0.6) is 0 Å². The first-order valence-corrected chi connectivity index (χ1v) is 6.34. The van der Waals surface area contributed by atoms with Gasteiger partial charge in [-0.25, -0.2) is 0 Å². The van der Waals surface area contributed by atoms with Crippen molar-refractivity contribution in [3.05, 3.63) is 35.4 Å². The van der Waals surface area contributed by atoms with Gasteiger partial charge in [-0.15, -0.1) is 0 Å². The highest BCUT2D eigenvalue weighted by molar-refractivity contribution is 5.97. The van der Waals surface area contributed by atoms with Crippen LogP contribution in [0.3, 0.4) is 0 Å². The van der Waals surface area contributed by atoms with Gasteiger partial charge in [0.2, 0.25) is 0 Å². The van der Waals surface area contributed by atoms with E-state index in [0.717, 1.165) is 0 Å². The van der Waals surface area contributed by atoms with Crippen LogP contribution < -0.4 is 10.6 Å². The van der Waals surface area contributed by atoms with Crippen LogP contribution in [0.15, 0.2) is 24.3 Å². The summed E-state index contributed by atoms with van der Waals surface area (Å²) in [5.41, 5.74) is 1.03. The molecule has 19 heavy (non-hydrogen) atoms. The number of hydrogen-bond acceptors (Lipinski definition) is 3. The topological polar surface area (TPSA) is 78.4 Å². The molecule has 0 aliphatic rings. The number of carbonyl (C=O) groups is 2. The van der Waals surface area contributed by atoms with Gasteiger partial charge in [-0.1, -0.05) is 0 Å². The van der Waals surface area contributed by atoms with Crippen molar-refractivity contribution in [1.82, 2.24) is 10.6 Å². The van der Waals surface area contributed by atoms with Crippen LogP contribution in [0.2, 0.25) is 0 Å². The molecule has 0 saturated heterocycles. The fraction of sp³-hybridized carbons (Fsp3) is 0.429. The Balaban J connectivity index is 2.60. The molecule has 0 bridgehead atoms. The molecule has 1 rings (SSSR count). The van der Waals surface area contributed by atoms with Crippen LogP contribution in [0.25, 0.3) is 0 Å². The van der Waals surface area contributed by atoms with E-state index >= 15 is 0 Å². The molecule has 0 radical (unpaired) electrons. The van der Waals surface area contributed by atoms with Gasteiger partial charge < -0.3 is 15.7 Å². The summed E-state index contributed by atoms with van der Waals surface area (Å²) < 4.78 is 0. The lowest BCUT2D eigenvalue weighted by molar-refractivity contribution is 0.0934. The Bertz CT molecular complexity index is 427. The first-order chi connectivity index (χ1) is 9.04. The van der Waals surface area contributed by atoms with Gasteiger partial charge >= 0.3 is 0 Å². The molecule has 3 N–H and O–H groups in total. The van der Waals surface area contributed by atoms with Crippen LogP contribution in [-0.4, -0.2) is 36.1 Å². The minimum absolute atomic E-state index is 0.0502. The van der Waals surface area contributed by atoms with Gasteiger partial charge in [0.05, 0.1) is 0 Å². The SMILES string of the molecule is CC(C)NC(=O)c1ccc(C(=O)NCCCO)cc1. The largest absolute Gasteiger partial charge is 0.396 e. The minimum Gasteiger partial charge on any atom is -0.396 e. The van der Waals surface area contributed by atoms with E-state index in [0.29, 0.717) is 24.1 Å². The fourth-order valence-corrected chi connectivity index (χ4v) is 1.50. The van der Waals surface area contributed by atoms with Gasteiger partial charge in [-0.2, -0.15) is 0 Å². The molecule has 1 aromatic rings. The molecule has 0 saturated carbocycles. The first-order valence-electron chi connectivity index (χ1n) is 6.34. The van der Waals surface area contributed by atoms with Crippen LogP contribution >= 0.6 is 0 Å². The van der Waals surface area contributed by atoms with E-state index in [1.807, 2.05) is 13.8 Å². The number of benzene rings is 1. The molecular weight excluding hydrogens is 244 g/mol. The molecule has 2 amide bonds. The molecule has 104 valence electrons. The standard InChI is InChI=1S/C14H20N2O3/c1-10(2)16-14(19)12-6-4-11(5-7-12)13(18)15-8-3-9-17/h4-7,10,17H,3,8-9H2,1-2H3,(H,15,18)(H,16,19). The monoisotopic (exact) mass is 264 g/mol. The van der Waals surface area contributed by atoms with Crippen molar-refractivity contribution in [2.45, 2.75) is 26.3 Å². The number of aliphatic hydroxyl groups excluding tert-OH is 1. The lowest BCUT2D eigenvalue weighted by Crippen LogP contribution is -2.30. The van der Waals surface area contributed by atoms with Crippen molar-refractivity contribution in [2.75, 3.05) is 13.2 Å². The van der Waals surface area contributed by atoms with Crippen LogP contribution in [0, 0.1) is 0 Å². The summed E-state index contributed by atoms with van der Waals surface area (Å²) in [5.74, 6) is -0.355. The van der Waals surface area contributed by atoms with E-state index in [1.165, 1.54) is 0 Å². The van der Waals surface area contributed by atoms with Crippen molar-refractivity contribution in [2.24, 2.45) is 0 Å². The molecule has 5 nitrogen and oxygen atoms in total. The maximum absolute atomic E-state index is 11.7. The zero-order valence-corrected chi connectivity index (χ0v) is 11.3. The van der Waals surface area contributed by atoms with E-state index in [2.05, 4.69) is 10.6 Å². The second-order valence-corrected chi connectivity index (χ2v) is 4.54. The number of nitrogens with one attached hydrogen (secondary N) is 2. The van der Waals surface area contributed by atoms with Gasteiger partial charge in [-0.05, 0) is 44.5 Å². The Labute approximate surface area is 113 Å². The molecule has 0 spiro atoms. The molecular formula is C14H20N2O3. The Morgan fingerprint density at radius 1 is 1.11 bits per heavy atom. The highest BCUT2D eigenvalue weighted by Gasteiger charge is 2.09. The van der Waals surface area contributed by atoms with Gasteiger partial charge in [0.15, 0.2) is 0 Å². The highest BCUT2D eigenvalue weighted by atomic mass is 16.3. The zero-order valence-electron chi connectivity index (χ0n) is 11.3. The van der Waals surface area contributed by atoms with Crippen LogP contribution in [0.1, 0.15) is 41.0 Å². The lowest BCUT2D eigenvalue weighted by Gasteiger charge is -2.09. The smallest absolute Gasteiger partial charge is 0.251 e. The number of amides is 2. The second kappa shape index (κ2) is 7.53. The van der Waals surface area contributed by atoms with Crippen LogP contribution in [0.4, 0.5) is 0 Å². The maximum Gasteiger partial charge on any atom is 0.251 e. The second-order valence-electron chi connectivity index (χ2n) is 4.54. The average Bonchev–Trinajstić information content (AvgIpc) is 2.38. The first kappa shape index (κ1) is 15.2. The molecule has 0 fully saturated rings. The average molecular weight is 264 g/mol. The summed E-state index contributed by atoms with van der Waals surface area (Å²) in [6.07, 6.45) is 0.528. The van der Waals surface area contributed by atoms with E-state index in [1.54, 1.807) is 24.3 Å². The molecule has 0 atom stereocenters. The molecule has 0 aliphatic carbocycles.